The minimum atomic E-state index is -0.426. The molecule has 1 aliphatic rings. The predicted octanol–water partition coefficient (Wildman–Crippen LogP) is 0.997. The molecule has 24 heavy (non-hydrogen) atoms. The molecule has 0 radical (unpaired) electrons. The summed E-state index contributed by atoms with van der Waals surface area (Å²) >= 11 is 0. The van der Waals surface area contributed by atoms with Crippen molar-refractivity contribution in [2.45, 2.75) is 19.1 Å². The molecule has 0 unspecified atom stereocenters. The number of amides is 1. The Hall–Kier alpha value is -2.18. The summed E-state index contributed by atoms with van der Waals surface area (Å²) < 4.78 is 1.72. The third-order valence-corrected chi connectivity index (χ3v) is 4.35. The summed E-state index contributed by atoms with van der Waals surface area (Å²) in [6.07, 6.45) is 3.19. The van der Waals surface area contributed by atoms with Crippen LogP contribution in [0.4, 0.5) is 0 Å². The molecule has 2 aromatic rings. The molecule has 1 N–H and O–H groups in total. The highest BCUT2D eigenvalue weighted by Gasteiger charge is 2.30. The summed E-state index contributed by atoms with van der Waals surface area (Å²) in [5.74, 6) is 0.0709. The molecule has 2 heterocycles. The molecule has 1 fully saturated rings. The number of hydrogen-bond acceptors (Lipinski definition) is 4. The summed E-state index contributed by atoms with van der Waals surface area (Å²) in [6.45, 7) is 5.38. The normalized spacial score (nSPS) is 18.3. The van der Waals surface area contributed by atoms with Crippen molar-refractivity contribution in [3.63, 3.8) is 0 Å². The first-order valence-electron chi connectivity index (χ1n) is 8.38. The van der Waals surface area contributed by atoms with Crippen molar-refractivity contribution in [2.24, 2.45) is 0 Å². The van der Waals surface area contributed by atoms with Crippen molar-refractivity contribution in [1.29, 1.82) is 0 Å². The first-order chi connectivity index (χ1) is 11.6. The monoisotopic (exact) mass is 328 g/mol. The van der Waals surface area contributed by atoms with E-state index in [0.717, 1.165) is 18.7 Å². The van der Waals surface area contributed by atoms with Gasteiger partial charge < -0.3 is 10.0 Å². The third-order valence-electron chi connectivity index (χ3n) is 4.35. The van der Waals surface area contributed by atoms with Gasteiger partial charge in [0.2, 0.25) is 0 Å². The highest BCUT2D eigenvalue weighted by molar-refractivity contribution is 5.83. The van der Waals surface area contributed by atoms with E-state index >= 15 is 0 Å². The van der Waals surface area contributed by atoms with Crippen LogP contribution in [0.2, 0.25) is 0 Å². The van der Waals surface area contributed by atoms with E-state index in [4.69, 9.17) is 0 Å². The van der Waals surface area contributed by atoms with Crippen molar-refractivity contribution in [3.8, 4) is 0 Å². The summed E-state index contributed by atoms with van der Waals surface area (Å²) in [4.78, 5) is 17.2. The van der Waals surface area contributed by atoms with E-state index in [-0.39, 0.29) is 12.0 Å². The van der Waals surface area contributed by atoms with E-state index < -0.39 is 6.04 Å². The van der Waals surface area contributed by atoms with Gasteiger partial charge >= 0.3 is 0 Å². The van der Waals surface area contributed by atoms with Gasteiger partial charge in [-0.05, 0) is 18.6 Å². The fourth-order valence-electron chi connectivity index (χ4n) is 3.17. The molecule has 6 heteroatoms. The number of benzene rings is 1. The van der Waals surface area contributed by atoms with Crippen molar-refractivity contribution in [1.82, 2.24) is 19.6 Å². The summed E-state index contributed by atoms with van der Waals surface area (Å²) in [6, 6.07) is 11.2. The van der Waals surface area contributed by atoms with Gasteiger partial charge in [-0.15, -0.1) is 0 Å². The van der Waals surface area contributed by atoms with Crippen LogP contribution in [-0.4, -0.2) is 69.4 Å². The Kier molecular flexibility index (Phi) is 5.27. The summed E-state index contributed by atoms with van der Waals surface area (Å²) in [5.41, 5.74) is 0.942. The highest BCUT2D eigenvalue weighted by Crippen LogP contribution is 2.21. The fourth-order valence-corrected chi connectivity index (χ4v) is 3.17. The zero-order valence-corrected chi connectivity index (χ0v) is 14.0. The Morgan fingerprint density at radius 1 is 1.17 bits per heavy atom. The molecule has 1 aromatic heterocycles. The van der Waals surface area contributed by atoms with Crippen LogP contribution < -0.4 is 0 Å². The lowest BCUT2D eigenvalue weighted by atomic mass is 10.1. The van der Waals surface area contributed by atoms with Crippen LogP contribution in [0.3, 0.4) is 0 Å². The molecule has 6 nitrogen and oxygen atoms in total. The van der Waals surface area contributed by atoms with E-state index in [9.17, 15) is 9.90 Å². The van der Waals surface area contributed by atoms with Crippen molar-refractivity contribution in [2.75, 3.05) is 32.7 Å². The van der Waals surface area contributed by atoms with Gasteiger partial charge in [0.15, 0.2) is 6.04 Å². The van der Waals surface area contributed by atoms with Gasteiger partial charge in [0, 0.05) is 45.1 Å². The smallest absolute Gasteiger partial charge is 0.252 e. The Bertz CT molecular complexity index is 634. The zero-order chi connectivity index (χ0) is 16.9. The maximum atomic E-state index is 13.1. The van der Waals surface area contributed by atoms with E-state index in [2.05, 4.69) is 10.00 Å². The molecule has 0 bridgehead atoms. The molecular weight excluding hydrogens is 304 g/mol. The molecule has 0 spiro atoms. The second kappa shape index (κ2) is 7.59. The first-order valence-corrected chi connectivity index (χ1v) is 8.38. The topological polar surface area (TPSA) is 61.6 Å². The van der Waals surface area contributed by atoms with Gasteiger partial charge in [-0.2, -0.15) is 5.10 Å². The number of aliphatic hydroxyl groups excluding tert-OH is 1. The zero-order valence-electron chi connectivity index (χ0n) is 14.0. The molecule has 0 aliphatic carbocycles. The number of aliphatic hydroxyl groups is 1. The van der Waals surface area contributed by atoms with Crippen molar-refractivity contribution >= 4 is 5.91 Å². The molecule has 2 atom stereocenters. The number of carbonyl (C=O) groups excluding carboxylic acids is 1. The van der Waals surface area contributed by atoms with Gasteiger partial charge in [-0.3, -0.25) is 14.4 Å². The molecular formula is C18H24N4O2. The van der Waals surface area contributed by atoms with Gasteiger partial charge in [0.1, 0.15) is 0 Å². The van der Waals surface area contributed by atoms with Gasteiger partial charge in [0.25, 0.3) is 5.91 Å². The van der Waals surface area contributed by atoms with Crippen molar-refractivity contribution in [3.05, 3.63) is 54.4 Å². The number of piperazine rings is 1. The lowest BCUT2D eigenvalue weighted by Gasteiger charge is -2.37. The van der Waals surface area contributed by atoms with E-state index in [1.807, 2.05) is 47.5 Å². The standard InChI is InChI=1S/C18H24N4O2/c1-15(23)14-20-10-12-21(13-11-20)18(24)17(22-9-5-8-19-22)16-6-3-2-4-7-16/h2-9,15,17,23H,10-14H2,1H3/t15-,17-/m1/s1. The number of aromatic nitrogens is 2. The van der Waals surface area contributed by atoms with Crippen LogP contribution in [0.1, 0.15) is 18.5 Å². The first kappa shape index (κ1) is 16.7. The number of β-amino-alcohol motifs (C(OH)–C–C–N with tert-alkyl or cyclic N) is 1. The predicted molar refractivity (Wildman–Crippen MR) is 91.5 cm³/mol. The molecule has 1 aromatic carbocycles. The van der Waals surface area contributed by atoms with E-state index in [1.165, 1.54) is 0 Å². The van der Waals surface area contributed by atoms with Crippen molar-refractivity contribution < 1.29 is 9.90 Å². The van der Waals surface area contributed by atoms with Crippen LogP contribution >= 0.6 is 0 Å². The van der Waals surface area contributed by atoms with Gasteiger partial charge in [-0.25, -0.2) is 0 Å². The Balaban J connectivity index is 1.74. The second-order valence-electron chi connectivity index (χ2n) is 6.27. The Morgan fingerprint density at radius 2 is 1.88 bits per heavy atom. The largest absolute Gasteiger partial charge is 0.392 e. The molecule has 128 valence electrons. The molecule has 1 saturated heterocycles. The highest BCUT2D eigenvalue weighted by atomic mass is 16.3. The minimum absolute atomic E-state index is 0.0709. The average molecular weight is 328 g/mol. The summed E-state index contributed by atoms with van der Waals surface area (Å²) in [7, 11) is 0. The maximum absolute atomic E-state index is 13.1. The number of nitrogens with zero attached hydrogens (tertiary/aromatic N) is 4. The number of carbonyl (C=O) groups is 1. The summed E-state index contributed by atoms with van der Waals surface area (Å²) in [5, 5.41) is 13.8. The van der Waals surface area contributed by atoms with Gasteiger partial charge in [-0.1, -0.05) is 30.3 Å². The third kappa shape index (κ3) is 3.83. The Labute approximate surface area is 142 Å². The van der Waals surface area contributed by atoms with E-state index in [0.29, 0.717) is 19.6 Å². The lowest BCUT2D eigenvalue weighted by molar-refractivity contribution is -0.135. The molecule has 1 amide bonds. The number of hydrogen-bond donors (Lipinski definition) is 1. The second-order valence-corrected chi connectivity index (χ2v) is 6.27. The van der Waals surface area contributed by atoms with Crippen LogP contribution in [-0.2, 0) is 4.79 Å². The lowest BCUT2D eigenvalue weighted by Crippen LogP contribution is -2.51. The average Bonchev–Trinajstić information content (AvgIpc) is 3.10. The van der Waals surface area contributed by atoms with Crippen LogP contribution in [0, 0.1) is 0 Å². The number of rotatable bonds is 5. The van der Waals surface area contributed by atoms with Crippen LogP contribution in [0.5, 0.6) is 0 Å². The van der Waals surface area contributed by atoms with Crippen LogP contribution in [0.25, 0.3) is 0 Å². The molecule has 0 saturated carbocycles. The SMILES string of the molecule is C[C@@H](O)CN1CCN(C(=O)[C@@H](c2ccccc2)n2cccn2)CC1. The minimum Gasteiger partial charge on any atom is -0.392 e. The maximum Gasteiger partial charge on any atom is 0.252 e. The molecule has 1 aliphatic heterocycles. The quantitative estimate of drug-likeness (QED) is 0.889. The molecule has 3 rings (SSSR count). The fraction of sp³-hybridized carbons (Fsp3) is 0.444. The Morgan fingerprint density at radius 3 is 2.46 bits per heavy atom. The van der Waals surface area contributed by atoms with E-state index in [1.54, 1.807) is 17.8 Å². The van der Waals surface area contributed by atoms with Gasteiger partial charge in [0.05, 0.1) is 6.10 Å². The van der Waals surface area contributed by atoms with Crippen LogP contribution in [0.15, 0.2) is 48.8 Å².